The third-order valence-electron chi connectivity index (χ3n) is 3.71. The second-order valence-electron chi connectivity index (χ2n) is 4.89. The molecule has 2 aromatic rings. The summed E-state index contributed by atoms with van der Waals surface area (Å²) < 4.78 is 0. The van der Waals surface area contributed by atoms with E-state index in [9.17, 15) is 0 Å². The molecule has 3 rings (SSSR count). The van der Waals surface area contributed by atoms with Crippen molar-refractivity contribution in [2.75, 3.05) is 11.6 Å². The van der Waals surface area contributed by atoms with Crippen molar-refractivity contribution in [2.24, 2.45) is 0 Å². The number of aryl methyl sites for hydroxylation is 1. The zero-order valence-electron chi connectivity index (χ0n) is 11.0. The molecule has 0 saturated heterocycles. The molecule has 1 nitrogen and oxygen atoms in total. The lowest BCUT2D eigenvalue weighted by Gasteiger charge is -2.12. The summed E-state index contributed by atoms with van der Waals surface area (Å²) in [6.07, 6.45) is 3.07. The molecule has 2 aromatic carbocycles. The molecular formula is C16H16ClNS. The Labute approximate surface area is 123 Å². The van der Waals surface area contributed by atoms with Crippen molar-refractivity contribution in [3.05, 3.63) is 58.1 Å². The molecule has 1 aliphatic heterocycles. The molecule has 19 heavy (non-hydrogen) atoms. The first kappa shape index (κ1) is 12.9. The molecule has 1 unspecified atom stereocenters. The summed E-state index contributed by atoms with van der Waals surface area (Å²) in [4.78, 5) is 1.30. The first-order valence-corrected chi connectivity index (χ1v) is 7.98. The van der Waals surface area contributed by atoms with Crippen LogP contribution in [0.5, 0.6) is 0 Å². The molecule has 0 amide bonds. The number of hydrogen-bond donors (Lipinski definition) is 1. The lowest BCUT2D eigenvalue weighted by molar-refractivity contribution is 0.823. The molecule has 1 N–H and O–H groups in total. The van der Waals surface area contributed by atoms with Crippen molar-refractivity contribution < 1.29 is 0 Å². The van der Waals surface area contributed by atoms with Gasteiger partial charge in [0.2, 0.25) is 0 Å². The van der Waals surface area contributed by atoms with Crippen molar-refractivity contribution in [3.8, 4) is 0 Å². The molecule has 0 aliphatic carbocycles. The number of benzene rings is 2. The highest BCUT2D eigenvalue weighted by atomic mass is 35.5. The van der Waals surface area contributed by atoms with Crippen LogP contribution in [0.1, 0.15) is 22.7 Å². The lowest BCUT2D eigenvalue weighted by Crippen LogP contribution is -2.05. The van der Waals surface area contributed by atoms with Crippen molar-refractivity contribution in [3.63, 3.8) is 0 Å². The van der Waals surface area contributed by atoms with Crippen LogP contribution in [0.15, 0.2) is 41.3 Å². The topological polar surface area (TPSA) is 12.0 Å². The van der Waals surface area contributed by atoms with E-state index in [2.05, 4.69) is 48.8 Å². The molecule has 0 spiro atoms. The molecule has 0 fully saturated rings. The summed E-state index contributed by atoms with van der Waals surface area (Å²) in [7, 11) is 0. The SMILES string of the molecule is CSc1ccc(C2Cc3c(Cl)ccc(C)c3N2)cc1. The Morgan fingerprint density at radius 1 is 1.16 bits per heavy atom. The smallest absolute Gasteiger partial charge is 0.0555 e. The van der Waals surface area contributed by atoms with Gasteiger partial charge in [-0.3, -0.25) is 0 Å². The molecule has 0 bridgehead atoms. The fourth-order valence-corrected chi connectivity index (χ4v) is 3.25. The van der Waals surface area contributed by atoms with Gasteiger partial charge < -0.3 is 5.32 Å². The maximum Gasteiger partial charge on any atom is 0.0555 e. The highest BCUT2D eigenvalue weighted by Gasteiger charge is 2.25. The number of fused-ring (bicyclic) bond motifs is 1. The molecule has 1 heterocycles. The second kappa shape index (κ2) is 5.10. The third-order valence-corrected chi connectivity index (χ3v) is 4.81. The van der Waals surface area contributed by atoms with Gasteiger partial charge in [-0.2, -0.15) is 0 Å². The van der Waals surface area contributed by atoms with Gasteiger partial charge in [-0.25, -0.2) is 0 Å². The van der Waals surface area contributed by atoms with Crippen LogP contribution in [0.3, 0.4) is 0 Å². The Morgan fingerprint density at radius 3 is 2.53 bits per heavy atom. The quantitative estimate of drug-likeness (QED) is 0.774. The van der Waals surface area contributed by atoms with E-state index in [1.165, 1.54) is 27.3 Å². The van der Waals surface area contributed by atoms with E-state index in [-0.39, 0.29) is 0 Å². The van der Waals surface area contributed by atoms with Gasteiger partial charge in [-0.05, 0) is 48.1 Å². The van der Waals surface area contributed by atoms with Gasteiger partial charge >= 0.3 is 0 Å². The Hall–Kier alpha value is -1.12. The Balaban J connectivity index is 1.90. The van der Waals surface area contributed by atoms with E-state index in [0.29, 0.717) is 6.04 Å². The van der Waals surface area contributed by atoms with Gasteiger partial charge in [0.1, 0.15) is 0 Å². The van der Waals surface area contributed by atoms with Crippen LogP contribution < -0.4 is 5.32 Å². The first-order chi connectivity index (χ1) is 9.19. The molecule has 0 aromatic heterocycles. The van der Waals surface area contributed by atoms with E-state index in [0.717, 1.165) is 11.4 Å². The van der Waals surface area contributed by atoms with Crippen molar-refractivity contribution in [1.82, 2.24) is 0 Å². The number of hydrogen-bond acceptors (Lipinski definition) is 2. The molecular weight excluding hydrogens is 274 g/mol. The van der Waals surface area contributed by atoms with Crippen LogP contribution >= 0.6 is 23.4 Å². The number of anilines is 1. The minimum Gasteiger partial charge on any atom is -0.377 e. The number of nitrogens with one attached hydrogen (secondary N) is 1. The predicted molar refractivity (Wildman–Crippen MR) is 84.5 cm³/mol. The third kappa shape index (κ3) is 2.35. The van der Waals surface area contributed by atoms with Crippen molar-refractivity contribution in [1.29, 1.82) is 0 Å². The van der Waals surface area contributed by atoms with E-state index in [1.54, 1.807) is 11.8 Å². The van der Waals surface area contributed by atoms with Crippen LogP contribution in [0.4, 0.5) is 5.69 Å². The fourth-order valence-electron chi connectivity index (χ4n) is 2.61. The Kier molecular flexibility index (Phi) is 3.46. The molecule has 1 aliphatic rings. The molecule has 3 heteroatoms. The number of halogens is 1. The predicted octanol–water partition coefficient (Wildman–Crippen LogP) is 5.08. The van der Waals surface area contributed by atoms with Crippen LogP contribution in [0, 0.1) is 6.92 Å². The van der Waals surface area contributed by atoms with Gasteiger partial charge in [0, 0.05) is 22.0 Å². The monoisotopic (exact) mass is 289 g/mol. The second-order valence-corrected chi connectivity index (χ2v) is 6.18. The summed E-state index contributed by atoms with van der Waals surface area (Å²) in [6, 6.07) is 13.2. The summed E-state index contributed by atoms with van der Waals surface area (Å²) in [5.41, 5.74) is 5.05. The Morgan fingerprint density at radius 2 is 1.89 bits per heavy atom. The molecule has 1 atom stereocenters. The normalized spacial score (nSPS) is 17.1. The maximum absolute atomic E-state index is 6.30. The zero-order valence-corrected chi connectivity index (χ0v) is 12.6. The Bertz CT molecular complexity index is 576. The van der Waals surface area contributed by atoms with E-state index >= 15 is 0 Å². The maximum atomic E-state index is 6.30. The van der Waals surface area contributed by atoms with E-state index in [1.807, 2.05) is 6.07 Å². The number of thioether (sulfide) groups is 1. The summed E-state index contributed by atoms with van der Waals surface area (Å²) >= 11 is 8.07. The molecule has 0 radical (unpaired) electrons. The highest BCUT2D eigenvalue weighted by molar-refractivity contribution is 7.98. The van der Waals surface area contributed by atoms with Gasteiger partial charge in [0.05, 0.1) is 6.04 Å². The number of rotatable bonds is 2. The van der Waals surface area contributed by atoms with Gasteiger partial charge in [0.25, 0.3) is 0 Å². The van der Waals surface area contributed by atoms with E-state index < -0.39 is 0 Å². The van der Waals surface area contributed by atoms with Crippen LogP contribution in [0.2, 0.25) is 5.02 Å². The summed E-state index contributed by atoms with van der Waals surface area (Å²) in [5.74, 6) is 0. The largest absolute Gasteiger partial charge is 0.377 e. The first-order valence-electron chi connectivity index (χ1n) is 6.37. The summed E-state index contributed by atoms with van der Waals surface area (Å²) in [5, 5.41) is 4.48. The minimum absolute atomic E-state index is 0.338. The highest BCUT2D eigenvalue weighted by Crippen LogP contribution is 2.40. The van der Waals surface area contributed by atoms with Gasteiger partial charge in [-0.1, -0.05) is 29.8 Å². The van der Waals surface area contributed by atoms with Crippen molar-refractivity contribution >= 4 is 29.1 Å². The lowest BCUT2D eigenvalue weighted by atomic mass is 10.0. The van der Waals surface area contributed by atoms with Crippen molar-refractivity contribution in [2.45, 2.75) is 24.3 Å². The van der Waals surface area contributed by atoms with Crippen LogP contribution in [0.25, 0.3) is 0 Å². The van der Waals surface area contributed by atoms with Gasteiger partial charge in [0.15, 0.2) is 0 Å². The van der Waals surface area contributed by atoms with Gasteiger partial charge in [-0.15, -0.1) is 11.8 Å². The van der Waals surface area contributed by atoms with Crippen LogP contribution in [-0.2, 0) is 6.42 Å². The minimum atomic E-state index is 0.338. The average molecular weight is 290 g/mol. The molecule has 98 valence electrons. The summed E-state index contributed by atoms with van der Waals surface area (Å²) in [6.45, 7) is 2.13. The van der Waals surface area contributed by atoms with Crippen LogP contribution in [-0.4, -0.2) is 6.26 Å². The average Bonchev–Trinajstić information content (AvgIpc) is 2.89. The molecule has 0 saturated carbocycles. The van der Waals surface area contributed by atoms with E-state index in [4.69, 9.17) is 11.6 Å². The fraction of sp³-hybridized carbons (Fsp3) is 0.250. The standard InChI is InChI=1S/C16H16ClNS/c1-10-3-8-14(17)13-9-15(18-16(10)13)11-4-6-12(19-2)7-5-11/h3-8,15,18H,9H2,1-2H3. The zero-order chi connectivity index (χ0) is 13.4.